The summed E-state index contributed by atoms with van der Waals surface area (Å²) in [6, 6.07) is 5.21. The van der Waals surface area contributed by atoms with Crippen LogP contribution in [0.5, 0.6) is 5.75 Å². The van der Waals surface area contributed by atoms with Crippen molar-refractivity contribution in [2.45, 2.75) is 44.8 Å². The molecule has 4 heterocycles. The fourth-order valence-corrected chi connectivity index (χ4v) is 4.43. The van der Waals surface area contributed by atoms with Crippen LogP contribution in [0, 0.1) is 11.6 Å². The molecular formula is C26H28F2N6O2. The van der Waals surface area contributed by atoms with Crippen molar-refractivity contribution in [2.24, 2.45) is 7.05 Å². The molecule has 5 rings (SSSR count). The third kappa shape index (κ3) is 5.28. The van der Waals surface area contributed by atoms with E-state index in [-0.39, 0.29) is 11.9 Å². The van der Waals surface area contributed by atoms with Crippen LogP contribution in [0.25, 0.3) is 22.3 Å². The zero-order valence-electron chi connectivity index (χ0n) is 20.4. The Balaban J connectivity index is 1.43. The minimum atomic E-state index is -0.890. The number of benzene rings is 1. The highest BCUT2D eigenvalue weighted by atomic mass is 19.1. The predicted molar refractivity (Wildman–Crippen MR) is 132 cm³/mol. The van der Waals surface area contributed by atoms with E-state index in [0.29, 0.717) is 49.1 Å². The van der Waals surface area contributed by atoms with Gasteiger partial charge in [0.1, 0.15) is 23.1 Å². The third-order valence-corrected chi connectivity index (χ3v) is 6.11. The van der Waals surface area contributed by atoms with Gasteiger partial charge in [0, 0.05) is 62.9 Å². The maximum atomic E-state index is 14.1. The van der Waals surface area contributed by atoms with Crippen LogP contribution in [0.4, 0.5) is 14.6 Å². The van der Waals surface area contributed by atoms with Crippen LogP contribution in [0.15, 0.2) is 42.9 Å². The Morgan fingerprint density at radius 3 is 2.53 bits per heavy atom. The molecule has 1 saturated heterocycles. The molecule has 0 unspecified atom stereocenters. The number of hydrogen-bond donors (Lipinski definition) is 1. The number of rotatable bonds is 6. The van der Waals surface area contributed by atoms with E-state index >= 15 is 0 Å². The number of fused-ring (bicyclic) bond motifs is 1. The van der Waals surface area contributed by atoms with Gasteiger partial charge in [0.05, 0.1) is 23.5 Å². The van der Waals surface area contributed by atoms with Crippen LogP contribution in [-0.4, -0.2) is 54.6 Å². The van der Waals surface area contributed by atoms with Crippen LogP contribution >= 0.6 is 0 Å². The van der Waals surface area contributed by atoms with Crippen molar-refractivity contribution in [1.82, 2.24) is 24.7 Å². The van der Waals surface area contributed by atoms with Crippen LogP contribution < -0.4 is 9.64 Å². The number of hydrogen-bond acceptors (Lipinski definition) is 7. The summed E-state index contributed by atoms with van der Waals surface area (Å²) in [4.78, 5) is 16.5. The second kappa shape index (κ2) is 9.42. The number of anilines is 1. The van der Waals surface area contributed by atoms with Gasteiger partial charge in [0.25, 0.3) is 0 Å². The average Bonchev–Trinajstić information content (AvgIpc) is 3.25. The van der Waals surface area contributed by atoms with E-state index in [9.17, 15) is 13.9 Å². The molecule has 1 aromatic carbocycles. The fraction of sp³-hybridized carbons (Fsp3) is 0.385. The summed E-state index contributed by atoms with van der Waals surface area (Å²) in [5.74, 6) is -0.550. The molecule has 1 aliphatic rings. The molecule has 36 heavy (non-hydrogen) atoms. The average molecular weight is 495 g/mol. The SMILES string of the molecule is Cn1cc(-c2nc3cnc(CC(C)(C)O)cc3nc2N2CCC(Oc3ccc(F)cc3F)CC2)cn1. The number of ether oxygens (including phenoxy) is 1. The maximum Gasteiger partial charge on any atom is 0.167 e. The van der Waals surface area contributed by atoms with E-state index in [4.69, 9.17) is 14.7 Å². The Hall–Kier alpha value is -3.66. The van der Waals surface area contributed by atoms with Gasteiger partial charge in [0.15, 0.2) is 17.4 Å². The summed E-state index contributed by atoms with van der Waals surface area (Å²) in [5, 5.41) is 14.5. The number of aromatic nitrogens is 5. The highest BCUT2D eigenvalue weighted by molar-refractivity contribution is 5.83. The zero-order valence-corrected chi connectivity index (χ0v) is 20.4. The second-order valence-electron chi connectivity index (χ2n) is 9.83. The lowest BCUT2D eigenvalue weighted by Crippen LogP contribution is -2.39. The standard InChI is InChI=1S/C26H28F2N6O2/c1-26(2,35)12-18-11-21-22(14-29-18)31-24(16-13-30-33(3)15-16)25(32-21)34-8-6-19(7-9-34)36-23-5-4-17(27)10-20(23)28/h4-5,10-11,13-15,19,35H,6-9,12H2,1-3H3. The van der Waals surface area contributed by atoms with Crippen LogP contribution in [-0.2, 0) is 13.5 Å². The first-order valence-electron chi connectivity index (χ1n) is 11.9. The molecule has 1 fully saturated rings. The summed E-state index contributed by atoms with van der Waals surface area (Å²) < 4.78 is 34.8. The van der Waals surface area contributed by atoms with Crippen molar-refractivity contribution in [3.8, 4) is 17.0 Å². The number of aryl methyl sites for hydroxylation is 1. The smallest absolute Gasteiger partial charge is 0.167 e. The first-order valence-corrected chi connectivity index (χ1v) is 11.9. The van der Waals surface area contributed by atoms with Gasteiger partial charge in [-0.25, -0.2) is 18.7 Å². The van der Waals surface area contributed by atoms with E-state index < -0.39 is 17.2 Å². The highest BCUT2D eigenvalue weighted by Gasteiger charge is 2.26. The summed E-state index contributed by atoms with van der Waals surface area (Å²) >= 11 is 0. The lowest BCUT2D eigenvalue weighted by Gasteiger charge is -2.33. The number of piperidine rings is 1. The van der Waals surface area contributed by atoms with Crippen molar-refractivity contribution < 1.29 is 18.6 Å². The molecule has 8 nitrogen and oxygen atoms in total. The van der Waals surface area contributed by atoms with Crippen molar-refractivity contribution in [1.29, 1.82) is 0 Å². The molecular weight excluding hydrogens is 466 g/mol. The molecule has 4 aromatic rings. The van der Waals surface area contributed by atoms with Crippen molar-refractivity contribution in [3.63, 3.8) is 0 Å². The van der Waals surface area contributed by atoms with E-state index in [1.807, 2.05) is 19.3 Å². The highest BCUT2D eigenvalue weighted by Crippen LogP contribution is 2.32. The Kier molecular flexibility index (Phi) is 6.29. The molecule has 0 bridgehead atoms. The van der Waals surface area contributed by atoms with Gasteiger partial charge < -0.3 is 14.7 Å². The molecule has 0 atom stereocenters. The van der Waals surface area contributed by atoms with Gasteiger partial charge >= 0.3 is 0 Å². The second-order valence-corrected chi connectivity index (χ2v) is 9.83. The normalized spacial score (nSPS) is 15.0. The molecule has 0 saturated carbocycles. The van der Waals surface area contributed by atoms with Gasteiger partial charge in [-0.1, -0.05) is 0 Å². The minimum Gasteiger partial charge on any atom is -0.487 e. The maximum absolute atomic E-state index is 14.1. The van der Waals surface area contributed by atoms with E-state index in [1.54, 1.807) is 30.9 Å². The first kappa shape index (κ1) is 24.1. The molecule has 0 amide bonds. The summed E-state index contributed by atoms with van der Waals surface area (Å²) in [7, 11) is 1.85. The third-order valence-electron chi connectivity index (χ3n) is 6.11. The Morgan fingerprint density at radius 1 is 1.08 bits per heavy atom. The quantitative estimate of drug-likeness (QED) is 0.432. The zero-order chi connectivity index (χ0) is 25.4. The van der Waals surface area contributed by atoms with Gasteiger partial charge in [-0.3, -0.25) is 9.67 Å². The summed E-state index contributed by atoms with van der Waals surface area (Å²) in [5.41, 5.74) is 2.74. The lowest BCUT2D eigenvalue weighted by molar-refractivity contribution is 0.0800. The van der Waals surface area contributed by atoms with Crippen LogP contribution in [0.2, 0.25) is 0 Å². The molecule has 0 spiro atoms. The molecule has 188 valence electrons. The number of nitrogens with zero attached hydrogens (tertiary/aromatic N) is 6. The number of halogens is 2. The topological polar surface area (TPSA) is 89.2 Å². The van der Waals surface area contributed by atoms with Crippen molar-refractivity contribution >= 4 is 16.9 Å². The van der Waals surface area contributed by atoms with Crippen molar-refractivity contribution in [3.05, 3.63) is 60.2 Å². The monoisotopic (exact) mass is 494 g/mol. The van der Waals surface area contributed by atoms with Crippen LogP contribution in [0.3, 0.4) is 0 Å². The molecule has 1 N–H and O–H groups in total. The fourth-order valence-electron chi connectivity index (χ4n) is 4.43. The summed E-state index contributed by atoms with van der Waals surface area (Å²) in [6.45, 7) is 4.74. The van der Waals surface area contributed by atoms with Crippen LogP contribution in [0.1, 0.15) is 32.4 Å². The van der Waals surface area contributed by atoms with Crippen molar-refractivity contribution in [2.75, 3.05) is 18.0 Å². The minimum absolute atomic E-state index is 0.0585. The lowest BCUT2D eigenvalue weighted by atomic mass is 10.0. The van der Waals surface area contributed by atoms with Gasteiger partial charge in [0.2, 0.25) is 0 Å². The molecule has 0 aliphatic carbocycles. The molecule has 3 aromatic heterocycles. The van der Waals surface area contributed by atoms with Gasteiger partial charge in [-0.05, 0) is 32.0 Å². The Labute approximate surface area is 207 Å². The largest absolute Gasteiger partial charge is 0.487 e. The summed E-state index contributed by atoms with van der Waals surface area (Å²) in [6.07, 6.45) is 6.81. The Morgan fingerprint density at radius 2 is 1.86 bits per heavy atom. The predicted octanol–water partition coefficient (Wildman–Crippen LogP) is 4.06. The van der Waals surface area contributed by atoms with Gasteiger partial charge in [-0.2, -0.15) is 5.10 Å². The van der Waals surface area contributed by atoms with E-state index in [0.717, 1.165) is 23.1 Å². The molecule has 1 aliphatic heterocycles. The van der Waals surface area contributed by atoms with E-state index in [2.05, 4.69) is 15.0 Å². The molecule has 10 heteroatoms. The number of aliphatic hydroxyl groups is 1. The first-order chi connectivity index (χ1) is 17.1. The van der Waals surface area contributed by atoms with Gasteiger partial charge in [-0.15, -0.1) is 0 Å². The molecule has 0 radical (unpaired) electrons. The number of pyridine rings is 1. The van der Waals surface area contributed by atoms with E-state index in [1.165, 1.54) is 12.1 Å². The Bertz CT molecular complexity index is 1390.